The third-order valence-electron chi connectivity index (χ3n) is 5.17. The second kappa shape index (κ2) is 9.88. The Kier molecular flexibility index (Phi) is 7.45. The van der Waals surface area contributed by atoms with Crippen molar-refractivity contribution >= 4 is 38.4 Å². The normalized spacial score (nSPS) is 14.9. The summed E-state index contributed by atoms with van der Waals surface area (Å²) in [6.45, 7) is 6.48. The lowest BCUT2D eigenvalue weighted by Crippen LogP contribution is -2.36. The molecule has 0 radical (unpaired) electrons. The molecule has 0 bridgehead atoms. The maximum Gasteiger partial charge on any atom is 0.338 e. The Labute approximate surface area is 186 Å². The van der Waals surface area contributed by atoms with Gasteiger partial charge in [-0.25, -0.2) is 18.2 Å². The molecule has 1 aromatic heterocycles. The second-order valence-corrected chi connectivity index (χ2v) is 10.1. The minimum atomic E-state index is -3.66. The Morgan fingerprint density at radius 1 is 1.23 bits per heavy atom. The number of aryl methyl sites for hydroxylation is 1. The summed E-state index contributed by atoms with van der Waals surface area (Å²) in [6, 6.07) is 4.58. The van der Waals surface area contributed by atoms with Crippen molar-refractivity contribution in [2.75, 3.05) is 24.5 Å². The van der Waals surface area contributed by atoms with Gasteiger partial charge < -0.3 is 4.74 Å². The first-order valence-electron chi connectivity index (χ1n) is 10.2. The van der Waals surface area contributed by atoms with Crippen molar-refractivity contribution in [1.82, 2.24) is 9.29 Å². The molecule has 3 rings (SSSR count). The highest BCUT2D eigenvalue weighted by atomic mass is 32.2. The van der Waals surface area contributed by atoms with Crippen molar-refractivity contribution in [3.63, 3.8) is 0 Å². The monoisotopic (exact) mass is 465 g/mol. The zero-order valence-electron chi connectivity index (χ0n) is 18.0. The minimum Gasteiger partial charge on any atom is -0.456 e. The second-order valence-electron chi connectivity index (χ2n) is 7.41. The summed E-state index contributed by atoms with van der Waals surface area (Å²) in [6.07, 6.45) is 2.71. The van der Waals surface area contributed by atoms with Gasteiger partial charge in [0, 0.05) is 31.9 Å². The van der Waals surface area contributed by atoms with E-state index in [0.717, 1.165) is 19.3 Å². The number of esters is 1. The summed E-state index contributed by atoms with van der Waals surface area (Å²) in [4.78, 5) is 30.2. The van der Waals surface area contributed by atoms with Crippen LogP contribution in [0.5, 0.6) is 0 Å². The molecular formula is C21H27N3O5S2. The van der Waals surface area contributed by atoms with Crippen molar-refractivity contribution in [3.05, 3.63) is 40.4 Å². The zero-order chi connectivity index (χ0) is 22.6. The van der Waals surface area contributed by atoms with Gasteiger partial charge in [-0.15, -0.1) is 11.3 Å². The smallest absolute Gasteiger partial charge is 0.338 e. The summed E-state index contributed by atoms with van der Waals surface area (Å²) >= 11 is 1.30. The fourth-order valence-corrected chi connectivity index (χ4v) is 6.14. The third-order valence-corrected chi connectivity index (χ3v) is 8.13. The molecule has 0 saturated carbocycles. The molecule has 168 valence electrons. The largest absolute Gasteiger partial charge is 0.456 e. The number of benzene rings is 1. The van der Waals surface area contributed by atoms with Gasteiger partial charge in [0.25, 0.3) is 0 Å². The predicted molar refractivity (Wildman–Crippen MR) is 119 cm³/mol. The van der Waals surface area contributed by atoms with Gasteiger partial charge in [0.05, 0.1) is 16.2 Å². The SMILES string of the molecule is CCN(C(C)=O)c1nc(COC(=O)c2ccc(C)c(S(=O)(=O)N3CCCCC3)c2)cs1. The van der Waals surface area contributed by atoms with Gasteiger partial charge in [-0.05, 0) is 44.4 Å². The Morgan fingerprint density at radius 3 is 2.58 bits per heavy atom. The maximum absolute atomic E-state index is 13.0. The van der Waals surface area contributed by atoms with Crippen molar-refractivity contribution in [2.24, 2.45) is 0 Å². The molecule has 1 fully saturated rings. The molecule has 1 amide bonds. The lowest BCUT2D eigenvalue weighted by Gasteiger charge is -2.26. The van der Waals surface area contributed by atoms with E-state index < -0.39 is 16.0 Å². The number of anilines is 1. The van der Waals surface area contributed by atoms with Gasteiger partial charge in [0.2, 0.25) is 15.9 Å². The van der Waals surface area contributed by atoms with E-state index in [0.29, 0.717) is 36.0 Å². The number of nitrogens with zero attached hydrogens (tertiary/aromatic N) is 3. The van der Waals surface area contributed by atoms with E-state index in [1.54, 1.807) is 24.4 Å². The molecule has 1 aliphatic heterocycles. The average Bonchev–Trinajstić information content (AvgIpc) is 3.21. The number of rotatable bonds is 7. The number of piperidine rings is 1. The van der Waals surface area contributed by atoms with Crippen LogP contribution in [0, 0.1) is 6.92 Å². The van der Waals surface area contributed by atoms with E-state index in [-0.39, 0.29) is 23.0 Å². The van der Waals surface area contributed by atoms with Crippen LogP contribution in [0.15, 0.2) is 28.5 Å². The topological polar surface area (TPSA) is 96.9 Å². The first-order chi connectivity index (χ1) is 14.7. The quantitative estimate of drug-likeness (QED) is 0.582. The first kappa shape index (κ1) is 23.4. The molecule has 10 heteroatoms. The fraction of sp³-hybridized carbons (Fsp3) is 0.476. The molecule has 0 N–H and O–H groups in total. The fourth-order valence-electron chi connectivity index (χ4n) is 3.45. The number of sulfonamides is 1. The van der Waals surface area contributed by atoms with E-state index in [1.165, 1.54) is 33.5 Å². The first-order valence-corrected chi connectivity index (χ1v) is 12.6. The number of carbonyl (C=O) groups is 2. The summed E-state index contributed by atoms with van der Waals surface area (Å²) in [5.41, 5.74) is 1.30. The Hall–Kier alpha value is -2.30. The highest BCUT2D eigenvalue weighted by Crippen LogP contribution is 2.25. The van der Waals surface area contributed by atoms with Crippen molar-refractivity contribution < 1.29 is 22.7 Å². The molecular weight excluding hydrogens is 438 g/mol. The van der Waals surface area contributed by atoms with Crippen LogP contribution >= 0.6 is 11.3 Å². The molecule has 0 aliphatic carbocycles. The highest BCUT2D eigenvalue weighted by molar-refractivity contribution is 7.89. The van der Waals surface area contributed by atoms with Gasteiger partial charge in [0.15, 0.2) is 5.13 Å². The van der Waals surface area contributed by atoms with Crippen LogP contribution in [-0.4, -0.2) is 49.2 Å². The lowest BCUT2D eigenvalue weighted by molar-refractivity contribution is -0.116. The summed E-state index contributed by atoms with van der Waals surface area (Å²) < 4.78 is 32.9. The Bertz CT molecular complexity index is 1060. The number of hydrogen-bond acceptors (Lipinski definition) is 7. The molecule has 8 nitrogen and oxygen atoms in total. The van der Waals surface area contributed by atoms with Crippen LogP contribution < -0.4 is 4.90 Å². The highest BCUT2D eigenvalue weighted by Gasteiger charge is 2.28. The van der Waals surface area contributed by atoms with Crippen molar-refractivity contribution in [2.45, 2.75) is 51.5 Å². The lowest BCUT2D eigenvalue weighted by atomic mass is 10.1. The number of amides is 1. The summed E-state index contributed by atoms with van der Waals surface area (Å²) in [5.74, 6) is -0.731. The molecule has 31 heavy (non-hydrogen) atoms. The van der Waals surface area contributed by atoms with Crippen molar-refractivity contribution in [3.8, 4) is 0 Å². The van der Waals surface area contributed by atoms with Gasteiger partial charge >= 0.3 is 5.97 Å². The number of carbonyl (C=O) groups excluding carboxylic acids is 2. The summed E-state index contributed by atoms with van der Waals surface area (Å²) in [5, 5.41) is 2.28. The number of hydrogen-bond donors (Lipinski definition) is 0. The molecule has 1 aromatic carbocycles. The van der Waals surface area contributed by atoms with Crippen LogP contribution in [0.2, 0.25) is 0 Å². The molecule has 0 atom stereocenters. The minimum absolute atomic E-state index is 0.0626. The summed E-state index contributed by atoms with van der Waals surface area (Å²) in [7, 11) is -3.66. The van der Waals surface area contributed by atoms with Gasteiger partial charge in [0.1, 0.15) is 6.61 Å². The average molecular weight is 466 g/mol. The number of ether oxygens (including phenoxy) is 1. The number of thiazole rings is 1. The zero-order valence-corrected chi connectivity index (χ0v) is 19.6. The van der Waals surface area contributed by atoms with Crippen LogP contribution in [0.25, 0.3) is 0 Å². The molecule has 1 aliphatic rings. The van der Waals surface area contributed by atoms with E-state index >= 15 is 0 Å². The van der Waals surface area contributed by atoms with E-state index in [1.807, 2.05) is 6.92 Å². The molecule has 2 aromatic rings. The van der Waals surface area contributed by atoms with Crippen LogP contribution in [0.3, 0.4) is 0 Å². The van der Waals surface area contributed by atoms with E-state index in [2.05, 4.69) is 4.98 Å². The Morgan fingerprint density at radius 2 is 1.94 bits per heavy atom. The predicted octanol–water partition coefficient (Wildman–Crippen LogP) is 3.36. The Balaban J connectivity index is 1.72. The van der Waals surface area contributed by atoms with E-state index in [4.69, 9.17) is 4.74 Å². The standard InChI is InChI=1S/C21H27N3O5S2/c1-4-24(16(3)25)21-22-18(14-30-21)13-29-20(26)17-9-8-15(2)19(12-17)31(27,28)23-10-6-5-7-11-23/h8-9,12,14H,4-7,10-11,13H2,1-3H3. The van der Waals surface area contributed by atoms with Crippen LogP contribution in [0.4, 0.5) is 5.13 Å². The molecule has 2 heterocycles. The van der Waals surface area contributed by atoms with Gasteiger partial charge in [-0.1, -0.05) is 12.5 Å². The van der Waals surface area contributed by atoms with Crippen LogP contribution in [-0.2, 0) is 26.2 Å². The van der Waals surface area contributed by atoms with Gasteiger partial charge in [-0.3, -0.25) is 9.69 Å². The molecule has 0 unspecified atom stereocenters. The molecule has 0 spiro atoms. The van der Waals surface area contributed by atoms with E-state index in [9.17, 15) is 18.0 Å². The maximum atomic E-state index is 13.0. The number of aromatic nitrogens is 1. The third kappa shape index (κ3) is 5.31. The van der Waals surface area contributed by atoms with Gasteiger partial charge in [-0.2, -0.15) is 4.31 Å². The van der Waals surface area contributed by atoms with Crippen LogP contribution in [0.1, 0.15) is 54.7 Å². The van der Waals surface area contributed by atoms with Crippen molar-refractivity contribution in [1.29, 1.82) is 0 Å². The molecule has 1 saturated heterocycles.